The van der Waals surface area contributed by atoms with Gasteiger partial charge in [-0.25, -0.2) is 9.78 Å². The third kappa shape index (κ3) is 4.49. The van der Waals surface area contributed by atoms with Crippen LogP contribution in [0, 0.1) is 13.8 Å². The minimum atomic E-state index is -0.564. The second-order valence-electron chi connectivity index (χ2n) is 7.38. The average molecular weight is 430 g/mol. The number of esters is 1. The minimum Gasteiger partial charge on any atom is -0.454 e. The number of aromatic nitrogens is 1. The minimum absolute atomic E-state index is 0.243. The summed E-state index contributed by atoms with van der Waals surface area (Å²) in [6, 6.07) is 21.7. The van der Waals surface area contributed by atoms with E-state index in [-0.39, 0.29) is 12.4 Å². The predicted molar refractivity (Wildman–Crippen MR) is 123 cm³/mol. The molecule has 0 saturated heterocycles. The zero-order valence-corrected chi connectivity index (χ0v) is 17.9. The van der Waals surface area contributed by atoms with Gasteiger partial charge in [-0.1, -0.05) is 54.1 Å². The maximum atomic E-state index is 12.9. The smallest absolute Gasteiger partial charge is 0.339 e. The summed E-state index contributed by atoms with van der Waals surface area (Å²) in [5.41, 5.74) is 5.14. The lowest BCUT2D eigenvalue weighted by Gasteiger charge is -2.10. The Morgan fingerprint density at radius 1 is 0.903 bits per heavy atom. The highest BCUT2D eigenvalue weighted by Crippen LogP contribution is 2.26. The number of para-hydroxylation sites is 1. The summed E-state index contributed by atoms with van der Waals surface area (Å²) in [6.45, 7) is 3.60. The highest BCUT2D eigenvalue weighted by atomic mass is 35.5. The van der Waals surface area contributed by atoms with Gasteiger partial charge in [-0.2, -0.15) is 0 Å². The van der Waals surface area contributed by atoms with Crippen molar-refractivity contribution in [3.63, 3.8) is 0 Å². The van der Waals surface area contributed by atoms with E-state index in [0.717, 1.165) is 16.7 Å². The zero-order valence-electron chi connectivity index (χ0n) is 17.2. The fourth-order valence-electron chi connectivity index (χ4n) is 3.32. The molecule has 0 aliphatic rings. The lowest BCUT2D eigenvalue weighted by Crippen LogP contribution is -2.15. The molecule has 0 aliphatic heterocycles. The van der Waals surface area contributed by atoms with Gasteiger partial charge < -0.3 is 4.74 Å². The van der Waals surface area contributed by atoms with Crippen LogP contribution in [0.25, 0.3) is 22.2 Å². The molecule has 0 unspecified atom stereocenters. The Morgan fingerprint density at radius 3 is 2.39 bits per heavy atom. The van der Waals surface area contributed by atoms with E-state index in [9.17, 15) is 9.59 Å². The number of carbonyl (C=O) groups is 2. The van der Waals surface area contributed by atoms with E-state index in [1.807, 2.05) is 62.4 Å². The average Bonchev–Trinajstić information content (AvgIpc) is 2.78. The lowest BCUT2D eigenvalue weighted by atomic mass is 10.0. The van der Waals surface area contributed by atoms with Gasteiger partial charge in [-0.3, -0.25) is 4.79 Å². The maximum absolute atomic E-state index is 12.9. The predicted octanol–water partition coefficient (Wildman–Crippen LogP) is 6.21. The van der Waals surface area contributed by atoms with Crippen molar-refractivity contribution in [1.82, 2.24) is 4.98 Å². The largest absolute Gasteiger partial charge is 0.454 e. The first kappa shape index (κ1) is 20.8. The number of halogens is 1. The van der Waals surface area contributed by atoms with Crippen LogP contribution in [-0.4, -0.2) is 23.3 Å². The van der Waals surface area contributed by atoms with E-state index >= 15 is 0 Å². The van der Waals surface area contributed by atoms with Crippen LogP contribution in [0.15, 0.2) is 72.8 Å². The lowest BCUT2D eigenvalue weighted by molar-refractivity contribution is 0.0476. The molecule has 31 heavy (non-hydrogen) atoms. The number of hydrogen-bond donors (Lipinski definition) is 0. The number of fused-ring (bicyclic) bond motifs is 1. The Hall–Kier alpha value is -3.50. The van der Waals surface area contributed by atoms with Crippen molar-refractivity contribution in [3.8, 4) is 11.3 Å². The van der Waals surface area contributed by atoms with E-state index < -0.39 is 5.97 Å². The molecule has 3 aromatic carbocycles. The number of Topliss-reactive ketones (excluding diaryl/α,β-unsaturated/α-hetero) is 1. The summed E-state index contributed by atoms with van der Waals surface area (Å²) in [5, 5.41) is 1.29. The molecular weight excluding hydrogens is 410 g/mol. The summed E-state index contributed by atoms with van der Waals surface area (Å²) < 4.78 is 5.40. The standard InChI is InChI=1S/C26H20ClNO3/c1-16-7-8-19(13-17(16)2)25(29)15-31-26(30)22-14-24(18-9-11-20(27)12-10-18)28-23-6-4-3-5-21(22)23/h3-14H,15H2,1-2H3. The van der Waals surface area contributed by atoms with Crippen LogP contribution in [0.4, 0.5) is 0 Å². The Labute approximate surface area is 185 Å². The van der Waals surface area contributed by atoms with Crippen LogP contribution in [0.5, 0.6) is 0 Å². The first-order valence-corrected chi connectivity index (χ1v) is 10.2. The van der Waals surface area contributed by atoms with Crippen molar-refractivity contribution >= 4 is 34.3 Å². The van der Waals surface area contributed by atoms with E-state index in [2.05, 4.69) is 4.98 Å². The highest BCUT2D eigenvalue weighted by Gasteiger charge is 2.17. The van der Waals surface area contributed by atoms with Gasteiger partial charge in [0.2, 0.25) is 0 Å². The normalized spacial score (nSPS) is 10.8. The fourth-order valence-corrected chi connectivity index (χ4v) is 3.45. The van der Waals surface area contributed by atoms with Crippen molar-refractivity contribution in [2.75, 3.05) is 6.61 Å². The molecule has 0 aliphatic carbocycles. The van der Waals surface area contributed by atoms with Gasteiger partial charge in [0, 0.05) is 21.5 Å². The SMILES string of the molecule is Cc1ccc(C(=O)COC(=O)c2cc(-c3ccc(Cl)cc3)nc3ccccc23)cc1C. The molecule has 5 heteroatoms. The van der Waals surface area contributed by atoms with E-state index in [1.54, 1.807) is 24.3 Å². The van der Waals surface area contributed by atoms with Gasteiger partial charge in [0.25, 0.3) is 0 Å². The molecule has 0 bridgehead atoms. The summed E-state index contributed by atoms with van der Waals surface area (Å²) in [4.78, 5) is 30.1. The molecule has 4 aromatic rings. The van der Waals surface area contributed by atoms with Crippen molar-refractivity contribution in [2.45, 2.75) is 13.8 Å². The van der Waals surface area contributed by atoms with Gasteiger partial charge in [0.05, 0.1) is 16.8 Å². The molecule has 4 nitrogen and oxygen atoms in total. The third-order valence-electron chi connectivity index (χ3n) is 5.24. The quantitative estimate of drug-likeness (QED) is 0.279. The first-order valence-electron chi connectivity index (χ1n) is 9.85. The van der Waals surface area contributed by atoms with Crippen LogP contribution in [0.3, 0.4) is 0 Å². The number of ether oxygens (including phenoxy) is 1. The maximum Gasteiger partial charge on any atom is 0.339 e. The molecule has 1 heterocycles. The number of nitrogens with zero attached hydrogens (tertiary/aromatic N) is 1. The number of aryl methyl sites for hydroxylation is 2. The number of hydrogen-bond acceptors (Lipinski definition) is 4. The highest BCUT2D eigenvalue weighted by molar-refractivity contribution is 6.30. The number of pyridine rings is 1. The molecule has 0 saturated carbocycles. The molecule has 1 aromatic heterocycles. The Bertz CT molecular complexity index is 1300. The Morgan fingerprint density at radius 2 is 1.65 bits per heavy atom. The Balaban J connectivity index is 1.63. The molecule has 154 valence electrons. The molecule has 0 spiro atoms. The molecule has 4 rings (SSSR count). The summed E-state index contributed by atoms with van der Waals surface area (Å²) in [5.74, 6) is -0.807. The van der Waals surface area contributed by atoms with Gasteiger partial charge in [0.15, 0.2) is 12.4 Å². The molecule has 0 amide bonds. The van der Waals surface area contributed by atoms with Crippen molar-refractivity contribution in [1.29, 1.82) is 0 Å². The van der Waals surface area contributed by atoms with Crippen molar-refractivity contribution in [2.24, 2.45) is 0 Å². The molecular formula is C26H20ClNO3. The van der Waals surface area contributed by atoms with Crippen LogP contribution in [0.1, 0.15) is 31.8 Å². The number of benzene rings is 3. The number of carbonyl (C=O) groups excluding carboxylic acids is 2. The van der Waals surface area contributed by atoms with Crippen LogP contribution in [0.2, 0.25) is 5.02 Å². The Kier molecular flexibility index (Phi) is 5.83. The monoisotopic (exact) mass is 429 g/mol. The topological polar surface area (TPSA) is 56.3 Å². The molecule has 0 atom stereocenters. The number of rotatable bonds is 5. The van der Waals surface area contributed by atoms with Crippen molar-refractivity contribution < 1.29 is 14.3 Å². The second-order valence-corrected chi connectivity index (χ2v) is 7.81. The van der Waals surface area contributed by atoms with E-state index in [1.165, 1.54) is 0 Å². The van der Waals surface area contributed by atoms with Crippen molar-refractivity contribution in [3.05, 3.63) is 100 Å². The summed E-state index contributed by atoms with van der Waals surface area (Å²) >= 11 is 5.99. The van der Waals surface area contributed by atoms with E-state index in [4.69, 9.17) is 16.3 Å². The molecule has 0 radical (unpaired) electrons. The fraction of sp³-hybridized carbons (Fsp3) is 0.115. The summed E-state index contributed by atoms with van der Waals surface area (Å²) in [7, 11) is 0. The first-order chi connectivity index (χ1) is 14.9. The molecule has 0 N–H and O–H groups in total. The molecule has 0 fully saturated rings. The van der Waals surface area contributed by atoms with Gasteiger partial charge in [-0.05, 0) is 55.3 Å². The second kappa shape index (κ2) is 8.70. The van der Waals surface area contributed by atoms with Crippen LogP contribution >= 0.6 is 11.6 Å². The van der Waals surface area contributed by atoms with Gasteiger partial charge >= 0.3 is 5.97 Å². The van der Waals surface area contributed by atoms with Crippen LogP contribution in [-0.2, 0) is 4.74 Å². The van der Waals surface area contributed by atoms with Gasteiger partial charge in [0.1, 0.15) is 0 Å². The summed E-state index contributed by atoms with van der Waals surface area (Å²) in [6.07, 6.45) is 0. The van der Waals surface area contributed by atoms with Crippen LogP contribution < -0.4 is 0 Å². The van der Waals surface area contributed by atoms with Gasteiger partial charge in [-0.15, -0.1) is 0 Å². The zero-order chi connectivity index (χ0) is 22.0. The number of ketones is 1. The third-order valence-corrected chi connectivity index (χ3v) is 5.49. The van der Waals surface area contributed by atoms with E-state index in [0.29, 0.717) is 32.7 Å².